The van der Waals surface area contributed by atoms with Crippen LogP contribution in [0.25, 0.3) is 0 Å². The highest BCUT2D eigenvalue weighted by Crippen LogP contribution is 2.15. The fourth-order valence-corrected chi connectivity index (χ4v) is 2.14. The molecular weight excluding hydrogens is 256 g/mol. The van der Waals surface area contributed by atoms with Crippen molar-refractivity contribution in [3.05, 3.63) is 24.3 Å². The van der Waals surface area contributed by atoms with E-state index in [-0.39, 0.29) is 19.0 Å². The number of carbonyl (C=O) groups excluding carboxylic acids is 1. The van der Waals surface area contributed by atoms with Gasteiger partial charge < -0.3 is 11.1 Å². The second-order valence-corrected chi connectivity index (χ2v) is 5.05. The van der Waals surface area contributed by atoms with Crippen LogP contribution in [0.2, 0.25) is 0 Å². The van der Waals surface area contributed by atoms with Gasteiger partial charge in [-0.3, -0.25) is 9.52 Å². The monoisotopic (exact) mass is 272 g/mol. The summed E-state index contributed by atoms with van der Waals surface area (Å²) in [6, 6.07) is 6.38. The SMILES string of the molecule is CC(=O)Nc1cccc(NS(=O)(=O)NCCN)c1. The zero-order valence-corrected chi connectivity index (χ0v) is 10.8. The molecule has 1 rings (SSSR count). The number of anilines is 2. The maximum atomic E-state index is 11.5. The first-order chi connectivity index (χ1) is 8.43. The fraction of sp³-hybridized carbons (Fsp3) is 0.300. The minimum Gasteiger partial charge on any atom is -0.329 e. The molecule has 0 aliphatic carbocycles. The molecule has 0 heterocycles. The van der Waals surface area contributed by atoms with Crippen LogP contribution in [0.1, 0.15) is 6.92 Å². The Bertz CT molecular complexity index is 516. The third-order valence-corrected chi connectivity index (χ3v) is 2.96. The van der Waals surface area contributed by atoms with E-state index in [1.165, 1.54) is 13.0 Å². The standard InChI is InChI=1S/C10H16N4O3S/c1-8(15)13-9-3-2-4-10(7-9)14-18(16,17)12-6-5-11/h2-4,7,12,14H,5-6,11H2,1H3,(H,13,15). The van der Waals surface area contributed by atoms with Crippen LogP contribution in [0.15, 0.2) is 24.3 Å². The Kier molecular flexibility index (Phi) is 5.08. The number of rotatable bonds is 6. The first kappa shape index (κ1) is 14.4. The third kappa shape index (κ3) is 5.13. The maximum absolute atomic E-state index is 11.5. The lowest BCUT2D eigenvalue weighted by atomic mass is 10.3. The molecule has 100 valence electrons. The highest BCUT2D eigenvalue weighted by atomic mass is 32.2. The van der Waals surface area contributed by atoms with Crippen LogP contribution >= 0.6 is 0 Å². The van der Waals surface area contributed by atoms with Crippen LogP contribution in [0.3, 0.4) is 0 Å². The average molecular weight is 272 g/mol. The summed E-state index contributed by atoms with van der Waals surface area (Å²) in [5, 5.41) is 2.56. The van der Waals surface area contributed by atoms with Gasteiger partial charge in [0.1, 0.15) is 0 Å². The second-order valence-electron chi connectivity index (χ2n) is 3.55. The van der Waals surface area contributed by atoms with Crippen molar-refractivity contribution in [2.24, 2.45) is 5.73 Å². The van der Waals surface area contributed by atoms with Gasteiger partial charge >= 0.3 is 0 Å². The number of benzene rings is 1. The van der Waals surface area contributed by atoms with Gasteiger partial charge in [0.2, 0.25) is 5.91 Å². The summed E-state index contributed by atoms with van der Waals surface area (Å²) in [5.74, 6) is -0.226. The average Bonchev–Trinajstić information content (AvgIpc) is 2.25. The van der Waals surface area contributed by atoms with E-state index in [1.54, 1.807) is 18.2 Å². The van der Waals surface area contributed by atoms with Crippen LogP contribution in [0.4, 0.5) is 11.4 Å². The van der Waals surface area contributed by atoms with Crippen molar-refractivity contribution >= 4 is 27.5 Å². The molecule has 0 aliphatic heterocycles. The van der Waals surface area contributed by atoms with Gasteiger partial charge in [-0.15, -0.1) is 0 Å². The van der Waals surface area contributed by atoms with Crippen molar-refractivity contribution in [2.45, 2.75) is 6.92 Å². The van der Waals surface area contributed by atoms with E-state index < -0.39 is 10.2 Å². The van der Waals surface area contributed by atoms with Crippen molar-refractivity contribution in [3.8, 4) is 0 Å². The van der Waals surface area contributed by atoms with Crippen molar-refractivity contribution in [2.75, 3.05) is 23.1 Å². The van der Waals surface area contributed by atoms with Crippen molar-refractivity contribution in [1.82, 2.24) is 4.72 Å². The molecular formula is C10H16N4O3S. The summed E-state index contributed by atoms with van der Waals surface area (Å²) >= 11 is 0. The van der Waals surface area contributed by atoms with E-state index in [4.69, 9.17) is 5.73 Å². The van der Waals surface area contributed by atoms with Crippen LogP contribution in [0.5, 0.6) is 0 Å². The number of nitrogens with one attached hydrogen (secondary N) is 3. The predicted octanol–water partition coefficient (Wildman–Crippen LogP) is -0.150. The Balaban J connectivity index is 2.75. The molecule has 5 N–H and O–H groups in total. The molecule has 7 nitrogen and oxygen atoms in total. The zero-order valence-electron chi connectivity index (χ0n) is 9.93. The number of amides is 1. The molecule has 0 saturated carbocycles. The summed E-state index contributed by atoms with van der Waals surface area (Å²) < 4.78 is 27.6. The van der Waals surface area contributed by atoms with Crippen LogP contribution in [0, 0.1) is 0 Å². The lowest BCUT2D eigenvalue weighted by Crippen LogP contribution is -2.33. The highest BCUT2D eigenvalue weighted by Gasteiger charge is 2.08. The summed E-state index contributed by atoms with van der Waals surface area (Å²) in [4.78, 5) is 10.9. The molecule has 1 aromatic carbocycles. The fourth-order valence-electron chi connectivity index (χ4n) is 1.25. The van der Waals surface area contributed by atoms with Crippen molar-refractivity contribution in [1.29, 1.82) is 0 Å². The van der Waals surface area contributed by atoms with E-state index in [0.29, 0.717) is 11.4 Å². The molecule has 1 amide bonds. The normalized spacial score (nSPS) is 11.0. The van der Waals surface area contributed by atoms with Gasteiger partial charge in [0.05, 0.1) is 5.69 Å². The summed E-state index contributed by atoms with van der Waals surface area (Å²) in [6.45, 7) is 1.74. The molecule has 0 saturated heterocycles. The van der Waals surface area contributed by atoms with Gasteiger partial charge in [-0.25, -0.2) is 0 Å². The maximum Gasteiger partial charge on any atom is 0.299 e. The predicted molar refractivity (Wildman–Crippen MR) is 70.3 cm³/mol. The topological polar surface area (TPSA) is 113 Å². The van der Waals surface area contributed by atoms with Crippen molar-refractivity contribution in [3.63, 3.8) is 0 Å². The lowest BCUT2D eigenvalue weighted by Gasteiger charge is -2.10. The molecule has 0 unspecified atom stereocenters. The Labute approximate surface area is 106 Å². The van der Waals surface area contributed by atoms with E-state index in [9.17, 15) is 13.2 Å². The Morgan fingerprint density at radius 3 is 2.61 bits per heavy atom. The van der Waals surface area contributed by atoms with E-state index in [0.717, 1.165) is 0 Å². The smallest absolute Gasteiger partial charge is 0.299 e. The largest absolute Gasteiger partial charge is 0.329 e. The first-order valence-electron chi connectivity index (χ1n) is 5.28. The minimum absolute atomic E-state index is 0.153. The van der Waals surface area contributed by atoms with Crippen LogP contribution in [-0.2, 0) is 15.0 Å². The first-order valence-corrected chi connectivity index (χ1v) is 6.76. The van der Waals surface area contributed by atoms with Crippen LogP contribution < -0.4 is 20.5 Å². The van der Waals surface area contributed by atoms with Crippen LogP contribution in [-0.4, -0.2) is 27.4 Å². The quantitative estimate of drug-likeness (QED) is 0.576. The van der Waals surface area contributed by atoms with Gasteiger partial charge in [0.15, 0.2) is 0 Å². The molecule has 8 heteroatoms. The second kappa shape index (κ2) is 6.34. The molecule has 0 fully saturated rings. The summed E-state index contributed by atoms with van der Waals surface area (Å²) in [6.07, 6.45) is 0. The molecule has 0 bridgehead atoms. The lowest BCUT2D eigenvalue weighted by molar-refractivity contribution is -0.114. The zero-order chi connectivity index (χ0) is 13.6. The number of nitrogens with two attached hydrogens (primary N) is 1. The van der Waals surface area contributed by atoms with Gasteiger partial charge in [-0.1, -0.05) is 6.07 Å². The van der Waals surface area contributed by atoms with Gasteiger partial charge in [0.25, 0.3) is 10.2 Å². The molecule has 0 radical (unpaired) electrons. The van der Waals surface area contributed by atoms with Crippen molar-refractivity contribution < 1.29 is 13.2 Å². The highest BCUT2D eigenvalue weighted by molar-refractivity contribution is 7.90. The van der Waals surface area contributed by atoms with Gasteiger partial charge in [0, 0.05) is 25.7 Å². The minimum atomic E-state index is -3.63. The number of hydrogen-bond acceptors (Lipinski definition) is 4. The Hall–Kier alpha value is -1.64. The Morgan fingerprint density at radius 2 is 2.00 bits per heavy atom. The molecule has 0 aromatic heterocycles. The summed E-state index contributed by atoms with van der Waals surface area (Å²) in [5.41, 5.74) is 6.07. The molecule has 0 atom stereocenters. The number of carbonyl (C=O) groups is 1. The molecule has 1 aromatic rings. The van der Waals surface area contributed by atoms with E-state index in [1.807, 2.05) is 0 Å². The Morgan fingerprint density at radius 1 is 1.33 bits per heavy atom. The number of hydrogen-bond donors (Lipinski definition) is 4. The van der Waals surface area contributed by atoms with E-state index >= 15 is 0 Å². The molecule has 0 spiro atoms. The summed E-state index contributed by atoms with van der Waals surface area (Å²) in [7, 11) is -3.63. The third-order valence-electron chi connectivity index (χ3n) is 1.87. The van der Waals surface area contributed by atoms with Gasteiger partial charge in [-0.2, -0.15) is 13.1 Å². The van der Waals surface area contributed by atoms with E-state index in [2.05, 4.69) is 14.8 Å². The molecule has 0 aliphatic rings. The molecule has 18 heavy (non-hydrogen) atoms. The van der Waals surface area contributed by atoms with Gasteiger partial charge in [-0.05, 0) is 18.2 Å².